The SMILES string of the molecule is C1=CC2CC2(c2c3c(cc4ccccc24)C=CCC=C3)C=C1. The van der Waals surface area contributed by atoms with Crippen LogP contribution in [0.5, 0.6) is 0 Å². The zero-order valence-corrected chi connectivity index (χ0v) is 12.5. The van der Waals surface area contributed by atoms with Crippen LogP contribution in [-0.2, 0) is 5.41 Å². The Morgan fingerprint density at radius 2 is 1.91 bits per heavy atom. The van der Waals surface area contributed by atoms with E-state index in [9.17, 15) is 0 Å². The van der Waals surface area contributed by atoms with Crippen molar-refractivity contribution in [3.05, 3.63) is 83.5 Å². The molecule has 1 saturated carbocycles. The van der Waals surface area contributed by atoms with Crippen LogP contribution in [0.15, 0.2) is 66.8 Å². The Bertz CT molecular complexity index is 892. The fourth-order valence-electron chi connectivity index (χ4n) is 4.20. The molecule has 106 valence electrons. The van der Waals surface area contributed by atoms with E-state index in [1.54, 1.807) is 0 Å². The lowest BCUT2D eigenvalue weighted by atomic mass is 9.81. The molecular formula is C22H18. The molecule has 0 amide bonds. The van der Waals surface area contributed by atoms with E-state index in [2.05, 4.69) is 78.9 Å². The molecule has 0 radical (unpaired) electrons. The molecule has 22 heavy (non-hydrogen) atoms. The maximum Gasteiger partial charge on any atom is 0.0216 e. The summed E-state index contributed by atoms with van der Waals surface area (Å²) in [4.78, 5) is 0. The van der Waals surface area contributed by atoms with Gasteiger partial charge in [-0.3, -0.25) is 0 Å². The maximum absolute atomic E-state index is 2.43. The predicted molar refractivity (Wildman–Crippen MR) is 94.7 cm³/mol. The summed E-state index contributed by atoms with van der Waals surface area (Å²) in [6.45, 7) is 0. The standard InChI is InChI=1S/C22H18/c1-2-8-16-14-17-9-4-5-12-20(17)21(19(16)11-3-1)22-13-7-6-10-18(22)15-22/h2-14,18H,1,15H2. The molecule has 0 spiro atoms. The summed E-state index contributed by atoms with van der Waals surface area (Å²) in [5.41, 5.74) is 4.55. The first-order chi connectivity index (χ1) is 10.9. The van der Waals surface area contributed by atoms with Crippen molar-refractivity contribution >= 4 is 22.9 Å². The first-order valence-electron chi connectivity index (χ1n) is 8.14. The molecule has 3 aliphatic carbocycles. The Hall–Kier alpha value is -2.34. The molecular weight excluding hydrogens is 264 g/mol. The van der Waals surface area contributed by atoms with E-state index >= 15 is 0 Å². The summed E-state index contributed by atoms with van der Waals surface area (Å²) < 4.78 is 0. The average Bonchev–Trinajstić information content (AvgIpc) is 3.32. The monoisotopic (exact) mass is 282 g/mol. The summed E-state index contributed by atoms with van der Waals surface area (Å²) in [6.07, 6.45) is 20.7. The van der Waals surface area contributed by atoms with Crippen molar-refractivity contribution in [3.63, 3.8) is 0 Å². The molecule has 0 aliphatic heterocycles. The molecule has 0 N–H and O–H groups in total. The summed E-state index contributed by atoms with van der Waals surface area (Å²) in [5, 5.41) is 2.78. The van der Waals surface area contributed by atoms with Crippen LogP contribution in [0.3, 0.4) is 0 Å². The van der Waals surface area contributed by atoms with Crippen molar-refractivity contribution < 1.29 is 0 Å². The Morgan fingerprint density at radius 3 is 2.86 bits per heavy atom. The molecule has 5 rings (SSSR count). The van der Waals surface area contributed by atoms with Crippen LogP contribution in [0.1, 0.15) is 29.5 Å². The van der Waals surface area contributed by atoms with Crippen molar-refractivity contribution in [1.29, 1.82) is 0 Å². The molecule has 0 aromatic heterocycles. The Labute approximate surface area is 131 Å². The lowest BCUT2D eigenvalue weighted by Crippen LogP contribution is -2.11. The van der Waals surface area contributed by atoms with E-state index in [4.69, 9.17) is 0 Å². The van der Waals surface area contributed by atoms with Crippen molar-refractivity contribution in [2.45, 2.75) is 18.3 Å². The minimum atomic E-state index is 0.224. The third kappa shape index (κ3) is 1.58. The third-order valence-corrected chi connectivity index (χ3v) is 5.35. The van der Waals surface area contributed by atoms with Crippen LogP contribution in [0.2, 0.25) is 0 Å². The summed E-state index contributed by atoms with van der Waals surface area (Å²) >= 11 is 0. The highest BCUT2D eigenvalue weighted by atomic mass is 14.6. The average molecular weight is 282 g/mol. The lowest BCUT2D eigenvalue weighted by molar-refractivity contribution is 0.823. The van der Waals surface area contributed by atoms with Gasteiger partial charge in [0.25, 0.3) is 0 Å². The van der Waals surface area contributed by atoms with E-state index in [1.165, 1.54) is 33.9 Å². The highest BCUT2D eigenvalue weighted by Crippen LogP contribution is 2.60. The number of hydrogen-bond acceptors (Lipinski definition) is 0. The minimum Gasteiger partial charge on any atom is -0.0802 e. The normalized spacial score (nSPS) is 27.5. The fourth-order valence-corrected chi connectivity index (χ4v) is 4.20. The summed E-state index contributed by atoms with van der Waals surface area (Å²) in [5.74, 6) is 0.674. The molecule has 0 saturated heterocycles. The highest BCUT2D eigenvalue weighted by Gasteiger charge is 2.54. The molecule has 2 aromatic rings. The quantitative estimate of drug-likeness (QED) is 0.633. The van der Waals surface area contributed by atoms with Crippen LogP contribution in [0.4, 0.5) is 0 Å². The van der Waals surface area contributed by atoms with Gasteiger partial charge >= 0.3 is 0 Å². The largest absolute Gasteiger partial charge is 0.0802 e. The van der Waals surface area contributed by atoms with Gasteiger partial charge in [0.15, 0.2) is 0 Å². The first-order valence-corrected chi connectivity index (χ1v) is 8.14. The van der Waals surface area contributed by atoms with Crippen LogP contribution in [0.25, 0.3) is 22.9 Å². The molecule has 3 aliphatic rings. The topological polar surface area (TPSA) is 0 Å². The lowest BCUT2D eigenvalue weighted by Gasteiger charge is -2.22. The number of rotatable bonds is 1. The molecule has 0 heterocycles. The Morgan fingerprint density at radius 1 is 1.00 bits per heavy atom. The van der Waals surface area contributed by atoms with Gasteiger partial charge in [-0.25, -0.2) is 0 Å². The van der Waals surface area contributed by atoms with Crippen molar-refractivity contribution in [3.8, 4) is 0 Å². The fraction of sp³-hybridized carbons (Fsp3) is 0.182. The first kappa shape index (κ1) is 12.2. The van der Waals surface area contributed by atoms with Gasteiger partial charge in [0.2, 0.25) is 0 Å². The second-order valence-electron chi connectivity index (χ2n) is 6.61. The Balaban J connectivity index is 1.90. The molecule has 0 nitrogen and oxygen atoms in total. The summed E-state index contributed by atoms with van der Waals surface area (Å²) in [7, 11) is 0. The van der Waals surface area contributed by atoms with E-state index in [0.29, 0.717) is 5.92 Å². The van der Waals surface area contributed by atoms with Gasteiger partial charge in [-0.05, 0) is 52.3 Å². The number of fused-ring (bicyclic) bond motifs is 3. The number of allylic oxidation sites excluding steroid dienone is 6. The van der Waals surface area contributed by atoms with Gasteiger partial charge in [0.1, 0.15) is 0 Å². The smallest absolute Gasteiger partial charge is 0.0216 e. The second-order valence-corrected chi connectivity index (χ2v) is 6.61. The summed E-state index contributed by atoms with van der Waals surface area (Å²) in [6, 6.07) is 11.2. The van der Waals surface area contributed by atoms with Gasteiger partial charge in [-0.2, -0.15) is 0 Å². The molecule has 1 fully saturated rings. The predicted octanol–water partition coefficient (Wildman–Crippen LogP) is 5.65. The van der Waals surface area contributed by atoms with E-state index in [-0.39, 0.29) is 5.41 Å². The molecule has 2 atom stereocenters. The zero-order chi connectivity index (χ0) is 14.6. The second kappa shape index (κ2) is 4.33. The molecule has 0 heteroatoms. The van der Waals surface area contributed by atoms with Crippen LogP contribution in [0, 0.1) is 5.92 Å². The number of benzene rings is 2. The minimum absolute atomic E-state index is 0.224. The van der Waals surface area contributed by atoms with Gasteiger partial charge in [0.05, 0.1) is 0 Å². The van der Waals surface area contributed by atoms with E-state index in [0.717, 1.165) is 6.42 Å². The van der Waals surface area contributed by atoms with Gasteiger partial charge in [0, 0.05) is 5.41 Å². The number of hydrogen-bond donors (Lipinski definition) is 0. The van der Waals surface area contributed by atoms with Crippen molar-refractivity contribution in [1.82, 2.24) is 0 Å². The molecule has 2 unspecified atom stereocenters. The molecule has 0 bridgehead atoms. The Kier molecular flexibility index (Phi) is 2.41. The van der Waals surface area contributed by atoms with Crippen molar-refractivity contribution in [2.75, 3.05) is 0 Å². The highest BCUT2D eigenvalue weighted by molar-refractivity contribution is 5.94. The molecule has 2 aromatic carbocycles. The van der Waals surface area contributed by atoms with Gasteiger partial charge in [-0.1, -0.05) is 72.9 Å². The van der Waals surface area contributed by atoms with Crippen LogP contribution < -0.4 is 0 Å². The van der Waals surface area contributed by atoms with Crippen molar-refractivity contribution in [2.24, 2.45) is 5.92 Å². The zero-order valence-electron chi connectivity index (χ0n) is 12.5. The third-order valence-electron chi connectivity index (χ3n) is 5.35. The van der Waals surface area contributed by atoms with Gasteiger partial charge < -0.3 is 0 Å². The van der Waals surface area contributed by atoms with E-state index < -0.39 is 0 Å². The maximum atomic E-state index is 2.43. The van der Waals surface area contributed by atoms with E-state index in [1.807, 2.05) is 0 Å². The van der Waals surface area contributed by atoms with Crippen LogP contribution in [-0.4, -0.2) is 0 Å². The van der Waals surface area contributed by atoms with Gasteiger partial charge in [-0.15, -0.1) is 0 Å². The van der Waals surface area contributed by atoms with Crippen LogP contribution >= 0.6 is 0 Å².